The van der Waals surface area contributed by atoms with Gasteiger partial charge in [0, 0.05) is 37.5 Å². The number of aromatic nitrogens is 4. The minimum Gasteiger partial charge on any atom is -0.394 e. The van der Waals surface area contributed by atoms with Crippen molar-refractivity contribution in [2.24, 2.45) is 5.92 Å². The molecular formula is C22H28N6O3. The molecule has 0 aliphatic carbocycles. The average molecular weight is 425 g/mol. The van der Waals surface area contributed by atoms with Gasteiger partial charge in [0.1, 0.15) is 0 Å². The highest BCUT2D eigenvalue weighted by Gasteiger charge is 2.28. The van der Waals surface area contributed by atoms with Gasteiger partial charge in [0.15, 0.2) is 5.78 Å². The van der Waals surface area contributed by atoms with Gasteiger partial charge >= 0.3 is 0 Å². The Balaban J connectivity index is 1.43. The zero-order valence-electron chi connectivity index (χ0n) is 17.7. The van der Waals surface area contributed by atoms with E-state index in [-0.39, 0.29) is 18.3 Å². The molecule has 3 heterocycles. The molecule has 0 atom stereocenters. The van der Waals surface area contributed by atoms with Gasteiger partial charge < -0.3 is 15.3 Å². The molecule has 1 fully saturated rings. The number of carbonyl (C=O) groups is 2. The van der Waals surface area contributed by atoms with Crippen LogP contribution in [0, 0.1) is 12.8 Å². The van der Waals surface area contributed by atoms with E-state index in [0.29, 0.717) is 24.8 Å². The maximum Gasteiger partial charge on any atom is 0.245 e. The minimum absolute atomic E-state index is 0.0202. The van der Waals surface area contributed by atoms with Crippen molar-refractivity contribution >= 4 is 29.4 Å². The van der Waals surface area contributed by atoms with Crippen molar-refractivity contribution in [3.8, 4) is 0 Å². The average Bonchev–Trinajstić information content (AvgIpc) is 3.15. The number of rotatable bonds is 11. The third-order valence-corrected chi connectivity index (χ3v) is 5.16. The van der Waals surface area contributed by atoms with E-state index in [2.05, 4.69) is 27.0 Å². The summed E-state index contributed by atoms with van der Waals surface area (Å²) in [6, 6.07) is 0. The zero-order chi connectivity index (χ0) is 22.2. The fraction of sp³-hybridized carbons (Fsp3) is 0.409. The second kappa shape index (κ2) is 10.6. The number of carbonyl (C=O) groups excluding carboxylic acids is 2. The Hall–Kier alpha value is -3.33. The molecule has 2 N–H and O–H groups in total. The van der Waals surface area contributed by atoms with Crippen molar-refractivity contribution in [2.45, 2.75) is 32.7 Å². The fourth-order valence-electron chi connectivity index (χ4n) is 3.37. The highest BCUT2D eigenvalue weighted by Crippen LogP contribution is 2.22. The van der Waals surface area contributed by atoms with Crippen molar-refractivity contribution in [3.63, 3.8) is 0 Å². The maximum atomic E-state index is 12.2. The molecule has 31 heavy (non-hydrogen) atoms. The number of aryl methyl sites for hydroxylation is 1. The highest BCUT2D eigenvalue weighted by atomic mass is 16.3. The number of hydrogen-bond donors (Lipinski definition) is 2. The molecule has 0 unspecified atom stereocenters. The lowest BCUT2D eigenvalue weighted by atomic mass is 9.93. The Bertz CT molecular complexity index is 962. The van der Waals surface area contributed by atoms with Gasteiger partial charge in [-0.15, -0.1) is 0 Å². The Morgan fingerprint density at radius 3 is 2.87 bits per heavy atom. The van der Waals surface area contributed by atoms with E-state index < -0.39 is 0 Å². The smallest absolute Gasteiger partial charge is 0.245 e. The molecule has 3 rings (SSSR count). The van der Waals surface area contributed by atoms with Gasteiger partial charge in [-0.2, -0.15) is 5.10 Å². The molecule has 9 nitrogen and oxygen atoms in total. The third kappa shape index (κ3) is 6.32. The summed E-state index contributed by atoms with van der Waals surface area (Å²) in [4.78, 5) is 34.1. The summed E-state index contributed by atoms with van der Waals surface area (Å²) in [6.07, 6.45) is 12.0. The van der Waals surface area contributed by atoms with Crippen LogP contribution in [0.1, 0.15) is 30.5 Å². The van der Waals surface area contributed by atoms with Gasteiger partial charge in [0.05, 0.1) is 30.7 Å². The number of nitrogens with zero attached hydrogens (tertiary/aromatic N) is 5. The molecule has 0 saturated carbocycles. The molecular weight excluding hydrogens is 396 g/mol. The summed E-state index contributed by atoms with van der Waals surface area (Å²) in [6.45, 7) is 7.31. The topological polar surface area (TPSA) is 113 Å². The molecule has 1 saturated heterocycles. The number of anilines is 2. The van der Waals surface area contributed by atoms with E-state index >= 15 is 0 Å². The first-order valence-corrected chi connectivity index (χ1v) is 10.3. The van der Waals surface area contributed by atoms with Crippen molar-refractivity contribution in [2.75, 3.05) is 25.0 Å². The second-order valence-electron chi connectivity index (χ2n) is 7.58. The van der Waals surface area contributed by atoms with Crippen molar-refractivity contribution in [1.29, 1.82) is 0 Å². The molecule has 1 amide bonds. The van der Waals surface area contributed by atoms with E-state index in [1.165, 1.54) is 6.08 Å². The zero-order valence-corrected chi connectivity index (χ0v) is 17.7. The Labute approximate surface area is 181 Å². The van der Waals surface area contributed by atoms with Crippen LogP contribution in [0.15, 0.2) is 37.3 Å². The number of aliphatic hydroxyl groups excluding tert-OH is 1. The van der Waals surface area contributed by atoms with Gasteiger partial charge in [0.25, 0.3) is 0 Å². The summed E-state index contributed by atoms with van der Waals surface area (Å²) < 4.78 is 1.62. The van der Waals surface area contributed by atoms with Crippen molar-refractivity contribution < 1.29 is 14.7 Å². The van der Waals surface area contributed by atoms with Crippen LogP contribution in [-0.2, 0) is 16.1 Å². The fourth-order valence-corrected chi connectivity index (χ4v) is 3.37. The van der Waals surface area contributed by atoms with Crippen LogP contribution in [-0.4, -0.2) is 61.1 Å². The summed E-state index contributed by atoms with van der Waals surface area (Å²) in [5, 5.41) is 16.1. The standard InChI is InChI=1S/C22H28N6O3/c1-3-21(31)27-13-17(14-27)5-4-6-20(30)8-7-18-11-23-22(25-16(18)2)26-19-12-24-28(15-19)9-10-29/h3,7-8,11-12,15,17,29H,1,4-6,9-10,13-14H2,2H3,(H,23,25,26)/b8-7-. The quantitative estimate of drug-likeness (QED) is 0.531. The number of aliphatic hydroxyl groups is 1. The van der Waals surface area contributed by atoms with Crippen molar-refractivity contribution in [3.05, 3.63) is 48.6 Å². The lowest BCUT2D eigenvalue weighted by molar-refractivity contribution is -0.132. The number of likely N-dealkylation sites (tertiary alicyclic amines) is 1. The number of nitrogens with one attached hydrogen (secondary N) is 1. The molecule has 2 aromatic rings. The summed E-state index contributed by atoms with van der Waals surface area (Å²) in [7, 11) is 0. The van der Waals surface area contributed by atoms with Crippen LogP contribution in [0.4, 0.5) is 11.6 Å². The van der Waals surface area contributed by atoms with E-state index in [1.807, 2.05) is 6.92 Å². The monoisotopic (exact) mass is 424 g/mol. The number of allylic oxidation sites excluding steroid dienone is 1. The molecule has 0 radical (unpaired) electrons. The predicted molar refractivity (Wildman–Crippen MR) is 118 cm³/mol. The largest absolute Gasteiger partial charge is 0.394 e. The van der Waals surface area contributed by atoms with Gasteiger partial charge in [-0.1, -0.05) is 6.58 Å². The molecule has 164 valence electrons. The SMILES string of the molecule is C=CC(=O)N1CC(CCCC(=O)/C=C\c2cnc(Nc3cnn(CCO)c3)nc2C)C1. The van der Waals surface area contributed by atoms with Crippen molar-refractivity contribution in [1.82, 2.24) is 24.6 Å². The second-order valence-corrected chi connectivity index (χ2v) is 7.58. The molecule has 1 aliphatic rings. The molecule has 0 aromatic carbocycles. The Kier molecular flexibility index (Phi) is 7.66. The van der Waals surface area contributed by atoms with Gasteiger partial charge in [-0.25, -0.2) is 9.97 Å². The van der Waals surface area contributed by atoms with E-state index in [0.717, 1.165) is 42.9 Å². The lowest BCUT2D eigenvalue weighted by Crippen LogP contribution is -2.49. The summed E-state index contributed by atoms with van der Waals surface area (Å²) in [5.41, 5.74) is 2.27. The van der Waals surface area contributed by atoms with Crippen LogP contribution in [0.25, 0.3) is 6.08 Å². The predicted octanol–water partition coefficient (Wildman–Crippen LogP) is 2.11. The van der Waals surface area contributed by atoms with E-state index in [1.54, 1.807) is 40.3 Å². The van der Waals surface area contributed by atoms with Crippen LogP contribution < -0.4 is 5.32 Å². The number of ketones is 1. The van der Waals surface area contributed by atoms with E-state index in [9.17, 15) is 9.59 Å². The first-order chi connectivity index (χ1) is 15.0. The minimum atomic E-state index is -0.0224. The van der Waals surface area contributed by atoms with Gasteiger partial charge in [-0.3, -0.25) is 14.3 Å². The first kappa shape index (κ1) is 22.4. The molecule has 0 spiro atoms. The van der Waals surface area contributed by atoms with Gasteiger partial charge in [-0.05, 0) is 43.9 Å². The molecule has 0 bridgehead atoms. The van der Waals surface area contributed by atoms with Crippen LogP contribution >= 0.6 is 0 Å². The maximum absolute atomic E-state index is 12.2. The molecule has 9 heteroatoms. The van der Waals surface area contributed by atoms with Crippen LogP contribution in [0.2, 0.25) is 0 Å². The summed E-state index contributed by atoms with van der Waals surface area (Å²) in [5.74, 6) is 0.961. The number of hydrogen-bond acceptors (Lipinski definition) is 7. The van der Waals surface area contributed by atoms with Crippen LogP contribution in [0.3, 0.4) is 0 Å². The summed E-state index contributed by atoms with van der Waals surface area (Å²) >= 11 is 0. The third-order valence-electron chi connectivity index (χ3n) is 5.16. The number of amides is 1. The highest BCUT2D eigenvalue weighted by molar-refractivity contribution is 5.93. The molecule has 1 aliphatic heterocycles. The first-order valence-electron chi connectivity index (χ1n) is 10.3. The molecule has 2 aromatic heterocycles. The van der Waals surface area contributed by atoms with Gasteiger partial charge in [0.2, 0.25) is 11.9 Å². The Morgan fingerprint density at radius 2 is 2.16 bits per heavy atom. The lowest BCUT2D eigenvalue weighted by Gasteiger charge is -2.38. The normalized spacial score (nSPS) is 13.9. The van der Waals surface area contributed by atoms with Crippen LogP contribution in [0.5, 0.6) is 0 Å². The van der Waals surface area contributed by atoms with E-state index in [4.69, 9.17) is 5.11 Å². The Morgan fingerprint density at radius 1 is 1.35 bits per heavy atom.